The maximum atomic E-state index is 12.6. The van der Waals surface area contributed by atoms with Crippen molar-refractivity contribution in [2.75, 3.05) is 26.7 Å². The molecule has 0 radical (unpaired) electrons. The van der Waals surface area contributed by atoms with Crippen LogP contribution in [0.4, 0.5) is 0 Å². The molecular formula is C19H29N3O2. The standard InChI is InChI=1S/C19H29N3O2/c1-13-9-16(14-5-6-14)17(20-10-13)24-12-19(2,3)18(23)21-15-7-8-22(4)11-15/h9-10,14-15H,5-8,11-12H2,1-4H3,(H,21,23)/t15-/m1/s1. The van der Waals surface area contributed by atoms with Gasteiger partial charge in [-0.15, -0.1) is 0 Å². The van der Waals surface area contributed by atoms with Gasteiger partial charge in [0.1, 0.15) is 6.61 Å². The molecule has 1 aliphatic carbocycles. The summed E-state index contributed by atoms with van der Waals surface area (Å²) < 4.78 is 5.98. The van der Waals surface area contributed by atoms with Crippen LogP contribution in [0.5, 0.6) is 5.88 Å². The van der Waals surface area contributed by atoms with Crippen LogP contribution in [0.1, 0.15) is 50.2 Å². The quantitative estimate of drug-likeness (QED) is 0.870. The van der Waals surface area contributed by atoms with Gasteiger partial charge in [-0.1, -0.05) is 0 Å². The molecule has 0 spiro atoms. The average Bonchev–Trinajstić information content (AvgIpc) is 3.29. The number of likely N-dealkylation sites (N-methyl/N-ethyl adjacent to an activating group) is 1. The monoisotopic (exact) mass is 331 g/mol. The highest BCUT2D eigenvalue weighted by Crippen LogP contribution is 2.44. The fraction of sp³-hybridized carbons (Fsp3) is 0.684. The normalized spacial score (nSPS) is 21.8. The third-order valence-electron chi connectivity index (χ3n) is 4.94. The van der Waals surface area contributed by atoms with E-state index in [9.17, 15) is 4.79 Å². The Kier molecular flexibility index (Phi) is 4.81. The number of carbonyl (C=O) groups excluding carboxylic acids is 1. The molecule has 0 aromatic carbocycles. The second-order valence-corrected chi connectivity index (χ2v) is 8.08. The van der Waals surface area contributed by atoms with Crippen molar-refractivity contribution in [3.63, 3.8) is 0 Å². The van der Waals surface area contributed by atoms with Gasteiger partial charge in [-0.25, -0.2) is 4.98 Å². The van der Waals surface area contributed by atoms with E-state index in [4.69, 9.17) is 4.74 Å². The van der Waals surface area contributed by atoms with Gasteiger partial charge in [-0.2, -0.15) is 0 Å². The van der Waals surface area contributed by atoms with Crippen molar-refractivity contribution in [3.05, 3.63) is 23.4 Å². The van der Waals surface area contributed by atoms with E-state index < -0.39 is 5.41 Å². The fourth-order valence-electron chi connectivity index (χ4n) is 3.13. The van der Waals surface area contributed by atoms with Crippen molar-refractivity contribution < 1.29 is 9.53 Å². The summed E-state index contributed by atoms with van der Waals surface area (Å²) in [5.74, 6) is 1.34. The van der Waals surface area contributed by atoms with Crippen LogP contribution in [0, 0.1) is 12.3 Å². The van der Waals surface area contributed by atoms with Crippen molar-refractivity contribution in [3.8, 4) is 5.88 Å². The van der Waals surface area contributed by atoms with Crippen LogP contribution < -0.4 is 10.1 Å². The Hall–Kier alpha value is -1.62. The zero-order chi connectivity index (χ0) is 17.3. The smallest absolute Gasteiger partial charge is 0.229 e. The first-order valence-electron chi connectivity index (χ1n) is 8.94. The number of hydrogen-bond donors (Lipinski definition) is 1. The summed E-state index contributed by atoms with van der Waals surface area (Å²) >= 11 is 0. The predicted octanol–water partition coefficient (Wildman–Crippen LogP) is 2.49. The molecular weight excluding hydrogens is 302 g/mol. The lowest BCUT2D eigenvalue weighted by molar-refractivity contribution is -0.131. The second-order valence-electron chi connectivity index (χ2n) is 8.08. The maximum absolute atomic E-state index is 12.6. The summed E-state index contributed by atoms with van der Waals surface area (Å²) in [4.78, 5) is 19.3. The molecule has 2 heterocycles. The molecule has 3 rings (SSSR count). The number of pyridine rings is 1. The van der Waals surface area contributed by atoms with E-state index in [2.05, 4.69) is 35.2 Å². The number of nitrogens with zero attached hydrogens (tertiary/aromatic N) is 2. The fourth-order valence-corrected chi connectivity index (χ4v) is 3.13. The van der Waals surface area contributed by atoms with Crippen LogP contribution in [0.3, 0.4) is 0 Å². The molecule has 1 N–H and O–H groups in total. The summed E-state index contributed by atoms with van der Waals surface area (Å²) in [6, 6.07) is 2.42. The minimum atomic E-state index is -0.575. The largest absolute Gasteiger partial charge is 0.476 e. The number of likely N-dealkylation sites (tertiary alicyclic amines) is 1. The van der Waals surface area contributed by atoms with E-state index >= 15 is 0 Å². The van der Waals surface area contributed by atoms with Crippen molar-refractivity contribution in [2.24, 2.45) is 5.41 Å². The molecule has 5 nitrogen and oxygen atoms in total. The zero-order valence-electron chi connectivity index (χ0n) is 15.3. The summed E-state index contributed by atoms with van der Waals surface area (Å²) in [5, 5.41) is 3.16. The van der Waals surface area contributed by atoms with E-state index in [-0.39, 0.29) is 11.9 Å². The van der Waals surface area contributed by atoms with Crippen LogP contribution in [-0.4, -0.2) is 48.6 Å². The van der Waals surface area contributed by atoms with E-state index in [1.54, 1.807) is 0 Å². The maximum Gasteiger partial charge on any atom is 0.229 e. The van der Waals surface area contributed by atoms with Gasteiger partial charge >= 0.3 is 0 Å². The number of amides is 1. The Bertz CT molecular complexity index is 611. The molecule has 1 saturated heterocycles. The molecule has 1 amide bonds. The summed E-state index contributed by atoms with van der Waals surface area (Å²) in [6.45, 7) is 8.24. The number of hydrogen-bond acceptors (Lipinski definition) is 4. The highest BCUT2D eigenvalue weighted by Gasteiger charge is 2.33. The first-order valence-corrected chi connectivity index (χ1v) is 8.94. The molecule has 1 aromatic rings. The van der Waals surface area contributed by atoms with Crippen molar-refractivity contribution in [2.45, 2.75) is 52.0 Å². The Labute approximate surface area is 144 Å². The van der Waals surface area contributed by atoms with Crippen LogP contribution in [0.25, 0.3) is 0 Å². The molecule has 2 aliphatic rings. The average molecular weight is 331 g/mol. The molecule has 1 aromatic heterocycles. The summed E-state index contributed by atoms with van der Waals surface area (Å²) in [6.07, 6.45) is 5.27. The van der Waals surface area contributed by atoms with Crippen LogP contribution in [-0.2, 0) is 4.79 Å². The van der Waals surface area contributed by atoms with Gasteiger partial charge in [0.15, 0.2) is 0 Å². The van der Waals surface area contributed by atoms with Crippen molar-refractivity contribution >= 4 is 5.91 Å². The minimum absolute atomic E-state index is 0.0582. The summed E-state index contributed by atoms with van der Waals surface area (Å²) in [7, 11) is 2.09. The van der Waals surface area contributed by atoms with Gasteiger partial charge in [0.25, 0.3) is 0 Å². The van der Waals surface area contributed by atoms with E-state index in [0.717, 1.165) is 25.1 Å². The lowest BCUT2D eigenvalue weighted by Crippen LogP contribution is -2.46. The third-order valence-corrected chi connectivity index (χ3v) is 4.94. The van der Waals surface area contributed by atoms with Crippen LogP contribution >= 0.6 is 0 Å². The summed E-state index contributed by atoms with van der Waals surface area (Å²) in [5.41, 5.74) is 1.78. The number of rotatable bonds is 6. The molecule has 132 valence electrons. The Morgan fingerprint density at radius 2 is 2.17 bits per heavy atom. The molecule has 1 saturated carbocycles. The van der Waals surface area contributed by atoms with Crippen LogP contribution in [0.15, 0.2) is 12.3 Å². The van der Waals surface area contributed by atoms with E-state index in [1.807, 2.05) is 20.0 Å². The molecule has 0 unspecified atom stereocenters. The highest BCUT2D eigenvalue weighted by atomic mass is 16.5. The SMILES string of the molecule is Cc1cnc(OCC(C)(C)C(=O)N[C@@H]2CCN(C)C2)c(C2CC2)c1. The Morgan fingerprint density at radius 1 is 1.42 bits per heavy atom. The van der Waals surface area contributed by atoms with Gasteiger partial charge in [-0.05, 0) is 71.2 Å². The van der Waals surface area contributed by atoms with Crippen molar-refractivity contribution in [1.82, 2.24) is 15.2 Å². The van der Waals surface area contributed by atoms with E-state index in [0.29, 0.717) is 18.4 Å². The molecule has 1 atom stereocenters. The number of ether oxygens (including phenoxy) is 1. The molecule has 2 fully saturated rings. The number of carbonyl (C=O) groups is 1. The van der Waals surface area contributed by atoms with Gasteiger partial charge in [0.2, 0.25) is 11.8 Å². The molecule has 5 heteroatoms. The topological polar surface area (TPSA) is 54.5 Å². The number of aromatic nitrogens is 1. The third kappa shape index (κ3) is 4.07. The van der Waals surface area contributed by atoms with Gasteiger partial charge in [0.05, 0.1) is 5.41 Å². The number of nitrogens with one attached hydrogen (secondary N) is 1. The molecule has 24 heavy (non-hydrogen) atoms. The lowest BCUT2D eigenvalue weighted by Gasteiger charge is -2.26. The highest BCUT2D eigenvalue weighted by molar-refractivity contribution is 5.82. The Morgan fingerprint density at radius 3 is 2.79 bits per heavy atom. The number of aryl methyl sites for hydroxylation is 1. The van der Waals surface area contributed by atoms with E-state index in [1.165, 1.54) is 18.4 Å². The predicted molar refractivity (Wildman–Crippen MR) is 94.3 cm³/mol. The Balaban J connectivity index is 1.59. The van der Waals surface area contributed by atoms with Gasteiger partial charge < -0.3 is 15.0 Å². The molecule has 0 bridgehead atoms. The van der Waals surface area contributed by atoms with Crippen LogP contribution in [0.2, 0.25) is 0 Å². The minimum Gasteiger partial charge on any atom is -0.476 e. The van der Waals surface area contributed by atoms with Gasteiger partial charge in [0, 0.05) is 24.3 Å². The van der Waals surface area contributed by atoms with Gasteiger partial charge in [-0.3, -0.25) is 4.79 Å². The van der Waals surface area contributed by atoms with Crippen molar-refractivity contribution in [1.29, 1.82) is 0 Å². The molecule has 1 aliphatic heterocycles. The lowest BCUT2D eigenvalue weighted by atomic mass is 9.93. The first-order chi connectivity index (χ1) is 11.3. The first kappa shape index (κ1) is 17.2. The second kappa shape index (κ2) is 6.71. The zero-order valence-corrected chi connectivity index (χ0v) is 15.3.